The summed E-state index contributed by atoms with van der Waals surface area (Å²) < 4.78 is 37.3. The Morgan fingerprint density at radius 3 is 2.31 bits per heavy atom. The highest BCUT2D eigenvalue weighted by Crippen LogP contribution is 2.32. The first-order valence-electron chi connectivity index (χ1n) is 8.23. The molecule has 1 heterocycles. The number of esters is 1. The molecule has 1 aliphatic heterocycles. The molecule has 9 nitrogen and oxygen atoms in total. The number of nitrogens with zero attached hydrogens (tertiary/aromatic N) is 2. The Morgan fingerprint density at radius 2 is 1.72 bits per heavy atom. The number of hydrogen-bond acceptors (Lipinski definition) is 7. The van der Waals surface area contributed by atoms with E-state index in [2.05, 4.69) is 0 Å². The van der Waals surface area contributed by atoms with Gasteiger partial charge in [-0.2, -0.15) is 4.31 Å². The van der Waals surface area contributed by atoms with Crippen LogP contribution in [0, 0.1) is 10.1 Å². The molecule has 29 heavy (non-hydrogen) atoms. The quantitative estimate of drug-likeness (QED) is 0.291. The Labute approximate surface area is 175 Å². The van der Waals surface area contributed by atoms with Gasteiger partial charge >= 0.3 is 5.97 Å². The number of carbonyl (C=O) groups excluding carboxylic acids is 1. The largest absolute Gasteiger partial charge is 0.423 e. The van der Waals surface area contributed by atoms with E-state index < -0.39 is 20.9 Å². The Morgan fingerprint density at radius 1 is 1.10 bits per heavy atom. The van der Waals surface area contributed by atoms with Crippen molar-refractivity contribution >= 4 is 44.9 Å². The van der Waals surface area contributed by atoms with Crippen molar-refractivity contribution < 1.29 is 27.6 Å². The van der Waals surface area contributed by atoms with Crippen molar-refractivity contribution in [1.82, 2.24) is 4.31 Å². The van der Waals surface area contributed by atoms with Gasteiger partial charge in [0.15, 0.2) is 0 Å². The number of morpholine rings is 1. The summed E-state index contributed by atoms with van der Waals surface area (Å²) in [7, 11) is -3.97. The molecule has 0 radical (unpaired) electrons. The molecule has 0 aliphatic carbocycles. The van der Waals surface area contributed by atoms with E-state index in [4.69, 9.17) is 32.7 Å². The number of nitro groups is 1. The molecule has 0 N–H and O–H groups in total. The van der Waals surface area contributed by atoms with Gasteiger partial charge in [-0.3, -0.25) is 10.1 Å². The first-order valence-corrected chi connectivity index (χ1v) is 10.4. The van der Waals surface area contributed by atoms with E-state index in [1.54, 1.807) is 0 Å². The third kappa shape index (κ3) is 4.68. The Balaban J connectivity index is 1.90. The highest BCUT2D eigenvalue weighted by atomic mass is 35.5. The molecule has 1 aliphatic rings. The molecule has 1 fully saturated rings. The second-order valence-electron chi connectivity index (χ2n) is 5.92. The topological polar surface area (TPSA) is 116 Å². The molecule has 0 aromatic heterocycles. The lowest BCUT2D eigenvalue weighted by molar-refractivity contribution is -0.384. The van der Waals surface area contributed by atoms with E-state index in [9.17, 15) is 23.3 Å². The van der Waals surface area contributed by atoms with Gasteiger partial charge in [-0.25, -0.2) is 13.2 Å². The monoisotopic (exact) mass is 460 g/mol. The van der Waals surface area contributed by atoms with E-state index in [-0.39, 0.29) is 58.2 Å². The predicted molar refractivity (Wildman–Crippen MR) is 104 cm³/mol. The summed E-state index contributed by atoms with van der Waals surface area (Å²) in [6.45, 7) is 0.812. The number of non-ortho nitro benzene ring substituents is 1. The molecule has 2 aromatic carbocycles. The lowest BCUT2D eigenvalue weighted by Gasteiger charge is -2.26. The molecule has 0 bridgehead atoms. The minimum atomic E-state index is -3.97. The third-order valence-electron chi connectivity index (χ3n) is 4.09. The van der Waals surface area contributed by atoms with Crippen molar-refractivity contribution in [2.24, 2.45) is 0 Å². The summed E-state index contributed by atoms with van der Waals surface area (Å²) in [5.74, 6) is -0.900. The van der Waals surface area contributed by atoms with Gasteiger partial charge in [0, 0.05) is 25.2 Å². The van der Waals surface area contributed by atoms with Crippen LogP contribution < -0.4 is 4.74 Å². The number of ether oxygens (including phenoxy) is 2. The maximum absolute atomic E-state index is 12.9. The van der Waals surface area contributed by atoms with Crippen molar-refractivity contribution in [3.05, 3.63) is 62.1 Å². The molecular formula is C17H14Cl2N2O7S. The smallest absolute Gasteiger partial charge is 0.345 e. The molecule has 2 aromatic rings. The summed E-state index contributed by atoms with van der Waals surface area (Å²) in [4.78, 5) is 22.3. The molecule has 0 unspecified atom stereocenters. The molecule has 0 spiro atoms. The number of halogens is 2. The maximum Gasteiger partial charge on any atom is 0.345 e. The van der Waals surface area contributed by atoms with Crippen molar-refractivity contribution in [3.63, 3.8) is 0 Å². The van der Waals surface area contributed by atoms with Crippen LogP contribution in [0.25, 0.3) is 0 Å². The highest BCUT2D eigenvalue weighted by Gasteiger charge is 2.30. The second-order valence-corrected chi connectivity index (χ2v) is 8.64. The van der Waals surface area contributed by atoms with Crippen molar-refractivity contribution in [1.29, 1.82) is 0 Å². The van der Waals surface area contributed by atoms with Crippen LogP contribution in [0.15, 0.2) is 41.3 Å². The SMILES string of the molecule is O=C(Oc1ccc([N+](=O)[O-])cc1)c1cc(S(=O)(=O)N2CCOCC2)c(Cl)cc1Cl. The average molecular weight is 461 g/mol. The van der Waals surface area contributed by atoms with E-state index in [1.807, 2.05) is 0 Å². The summed E-state index contributed by atoms with van der Waals surface area (Å²) in [6.07, 6.45) is 0. The van der Waals surface area contributed by atoms with Crippen LogP contribution in [0.5, 0.6) is 5.75 Å². The molecule has 0 amide bonds. The lowest BCUT2D eigenvalue weighted by atomic mass is 10.2. The van der Waals surface area contributed by atoms with Gasteiger partial charge in [0.1, 0.15) is 10.6 Å². The summed E-state index contributed by atoms with van der Waals surface area (Å²) in [5, 5.41) is 10.5. The highest BCUT2D eigenvalue weighted by molar-refractivity contribution is 7.89. The molecule has 0 atom stereocenters. The van der Waals surface area contributed by atoms with Crippen LogP contribution in [-0.4, -0.2) is 49.9 Å². The number of benzene rings is 2. The van der Waals surface area contributed by atoms with E-state index in [0.717, 1.165) is 12.1 Å². The summed E-state index contributed by atoms with van der Waals surface area (Å²) in [6, 6.07) is 7.03. The molecule has 1 saturated heterocycles. The lowest BCUT2D eigenvalue weighted by Crippen LogP contribution is -2.40. The molecule has 3 rings (SSSR count). The molecule has 154 valence electrons. The fraction of sp³-hybridized carbons (Fsp3) is 0.235. The Kier molecular flexibility index (Phi) is 6.39. The zero-order valence-electron chi connectivity index (χ0n) is 14.7. The van der Waals surface area contributed by atoms with Crippen LogP contribution in [0.2, 0.25) is 10.0 Å². The minimum absolute atomic E-state index is 0.0317. The zero-order valence-corrected chi connectivity index (χ0v) is 17.0. The predicted octanol–water partition coefficient (Wildman–Crippen LogP) is 3.14. The van der Waals surface area contributed by atoms with Crippen molar-refractivity contribution in [2.45, 2.75) is 4.90 Å². The van der Waals surface area contributed by atoms with E-state index in [1.165, 1.54) is 28.6 Å². The minimum Gasteiger partial charge on any atom is -0.423 e. The van der Waals surface area contributed by atoms with E-state index in [0.29, 0.717) is 0 Å². The van der Waals surface area contributed by atoms with Gasteiger partial charge in [0.05, 0.1) is 33.7 Å². The number of rotatable bonds is 5. The van der Waals surface area contributed by atoms with E-state index >= 15 is 0 Å². The first kappa shape index (κ1) is 21.5. The fourth-order valence-corrected chi connectivity index (χ4v) is 4.84. The zero-order chi connectivity index (χ0) is 21.2. The third-order valence-corrected chi connectivity index (χ3v) is 6.76. The average Bonchev–Trinajstić information content (AvgIpc) is 2.68. The Bertz CT molecular complexity index is 1050. The van der Waals surface area contributed by atoms with Crippen molar-refractivity contribution in [2.75, 3.05) is 26.3 Å². The van der Waals surface area contributed by atoms with Gasteiger partial charge in [-0.1, -0.05) is 23.2 Å². The van der Waals surface area contributed by atoms with Gasteiger partial charge in [-0.15, -0.1) is 0 Å². The molecule has 0 saturated carbocycles. The van der Waals surface area contributed by atoms with Gasteiger partial charge in [0.25, 0.3) is 5.69 Å². The molecular weight excluding hydrogens is 447 g/mol. The van der Waals surface area contributed by atoms with Crippen LogP contribution in [0.4, 0.5) is 5.69 Å². The van der Waals surface area contributed by atoms with Crippen LogP contribution in [0.3, 0.4) is 0 Å². The van der Waals surface area contributed by atoms with Crippen molar-refractivity contribution in [3.8, 4) is 5.75 Å². The number of carbonyl (C=O) groups is 1. The number of nitro benzene ring substituents is 1. The van der Waals surface area contributed by atoms with Crippen LogP contribution in [-0.2, 0) is 14.8 Å². The standard InChI is InChI=1S/C17H14Cl2N2O7S/c18-14-10-15(19)16(29(25,26)20-5-7-27-8-6-20)9-13(14)17(22)28-12-3-1-11(2-4-12)21(23)24/h1-4,9-10H,5-8H2. The van der Waals surface area contributed by atoms with Crippen LogP contribution in [0.1, 0.15) is 10.4 Å². The second kappa shape index (κ2) is 8.64. The number of hydrogen-bond donors (Lipinski definition) is 0. The summed E-state index contributed by atoms with van der Waals surface area (Å²) in [5.41, 5.74) is -0.380. The first-order chi connectivity index (χ1) is 13.7. The molecule has 12 heteroatoms. The van der Waals surface area contributed by atoms with Crippen LogP contribution >= 0.6 is 23.2 Å². The summed E-state index contributed by atoms with van der Waals surface area (Å²) >= 11 is 12.1. The number of sulfonamides is 1. The Hall–Kier alpha value is -2.24. The van der Waals surface area contributed by atoms with Gasteiger partial charge in [0.2, 0.25) is 10.0 Å². The maximum atomic E-state index is 12.9. The fourth-order valence-electron chi connectivity index (χ4n) is 2.61. The van der Waals surface area contributed by atoms with Gasteiger partial charge < -0.3 is 9.47 Å². The normalized spacial score (nSPS) is 15.1. The van der Waals surface area contributed by atoms with Gasteiger partial charge in [-0.05, 0) is 24.3 Å².